The molecule has 4 aromatic rings. The average Bonchev–Trinajstić information content (AvgIpc) is 3.95. The van der Waals surface area contributed by atoms with Gasteiger partial charge in [-0.25, -0.2) is 8.42 Å². The van der Waals surface area contributed by atoms with Crippen molar-refractivity contribution in [3.63, 3.8) is 0 Å². The Hall–Kier alpha value is -6.29. The first-order valence-electron chi connectivity index (χ1n) is 25.5. The maximum absolute atomic E-state index is 13.7. The van der Waals surface area contributed by atoms with Crippen molar-refractivity contribution in [2.75, 3.05) is 40.9 Å². The van der Waals surface area contributed by atoms with Gasteiger partial charge in [0.2, 0.25) is 17.5 Å². The molecule has 0 saturated carbocycles. The molecule has 3 heterocycles. The molecule has 0 spiro atoms. The highest BCUT2D eigenvalue weighted by Gasteiger charge is 2.46. The van der Waals surface area contributed by atoms with Crippen LogP contribution in [0.5, 0.6) is 0 Å². The largest absolute Gasteiger partial charge is 0.748 e. The topological polar surface area (TPSA) is 276 Å². The third kappa shape index (κ3) is 14.7. The molecule has 4 aromatic carbocycles. The molecule has 0 fully saturated rings. The summed E-state index contributed by atoms with van der Waals surface area (Å²) in [4.78, 5) is 29.9. The summed E-state index contributed by atoms with van der Waals surface area (Å²) in [6, 6.07) is 23.7. The standard InChI is InChI=1S/C56H64N4O14S4/c1-55(2)46-38-44(77(69,70)71)27-29-49(46)58(34-14-16-36-75(63,64)65)51(55)22-6-4-7-23-52-56(3,47-39-45(78(72,73)74)28-30-50(47)59(52)35-15-17-37-76(66,67)68)32-13-5-8-24-53(61)57-33-31-54(62)60-40-43-20-10-9-18-41(43)25-26-42-19-11-12-21-48(42)60/h4,6-7,9-12,18-23,27-30,38-39H,5,8,13-17,24,31-37,40H2,1-3H3,(H4-,57,61,63,64,65,66,67,68,69,70,71,72,73,74). The molecule has 1 atom stereocenters. The molecule has 18 nitrogen and oxygen atoms in total. The van der Waals surface area contributed by atoms with Crippen LogP contribution in [0.15, 0.2) is 131 Å². The number of carbonyl (C=O) groups excluding carboxylic acids is 2. The number of unbranched alkanes of at least 4 members (excludes halogenated alkanes) is 4. The summed E-state index contributed by atoms with van der Waals surface area (Å²) in [6.07, 6.45) is 12.1. The van der Waals surface area contributed by atoms with E-state index in [9.17, 15) is 61.5 Å². The fourth-order valence-corrected chi connectivity index (χ4v) is 12.5. The molecule has 2 amide bonds. The Morgan fingerprint density at radius 3 is 2.06 bits per heavy atom. The predicted molar refractivity (Wildman–Crippen MR) is 297 cm³/mol. The zero-order valence-corrected chi connectivity index (χ0v) is 46.9. The number of anilines is 2. The molecule has 1 unspecified atom stereocenters. The van der Waals surface area contributed by atoms with Crippen LogP contribution >= 0.6 is 0 Å². The predicted octanol–water partition coefficient (Wildman–Crippen LogP) is 7.73. The number of amides is 2. The van der Waals surface area contributed by atoms with Gasteiger partial charge in [0.05, 0.1) is 43.3 Å². The molecule has 3 aliphatic rings. The van der Waals surface area contributed by atoms with Crippen molar-refractivity contribution < 1.29 is 66.0 Å². The van der Waals surface area contributed by atoms with Crippen LogP contribution in [-0.2, 0) is 67.4 Å². The van der Waals surface area contributed by atoms with Crippen molar-refractivity contribution in [2.24, 2.45) is 0 Å². The zero-order valence-electron chi connectivity index (χ0n) is 43.6. The number of hydrogen-bond donors (Lipinski definition) is 4. The molecule has 22 heteroatoms. The maximum atomic E-state index is 13.7. The van der Waals surface area contributed by atoms with Crippen molar-refractivity contribution in [3.05, 3.63) is 149 Å². The number of benzene rings is 4. The molecule has 78 heavy (non-hydrogen) atoms. The Labute approximate surface area is 457 Å². The average molecular weight is 1150 g/mol. The van der Waals surface area contributed by atoms with Crippen LogP contribution in [0.4, 0.5) is 17.1 Å². The Kier molecular flexibility index (Phi) is 18.6. The lowest BCUT2D eigenvalue weighted by Crippen LogP contribution is -2.35. The molecule has 0 bridgehead atoms. The first kappa shape index (κ1) is 59.4. The summed E-state index contributed by atoms with van der Waals surface area (Å²) < 4.78 is 138. The first-order chi connectivity index (χ1) is 36.7. The number of fused-ring (bicyclic) bond motifs is 4. The van der Waals surface area contributed by atoms with Crippen molar-refractivity contribution in [1.82, 2.24) is 5.32 Å². The van der Waals surface area contributed by atoms with E-state index >= 15 is 0 Å². The first-order valence-corrected chi connectivity index (χ1v) is 31.6. The van der Waals surface area contributed by atoms with Gasteiger partial charge in [0.15, 0.2) is 5.71 Å². The lowest BCUT2D eigenvalue weighted by atomic mass is 9.77. The zero-order chi connectivity index (χ0) is 56.7. The van der Waals surface area contributed by atoms with Gasteiger partial charge in [0.1, 0.15) is 6.54 Å². The molecule has 416 valence electrons. The van der Waals surface area contributed by atoms with Gasteiger partial charge >= 0.3 is 0 Å². The van der Waals surface area contributed by atoms with Crippen LogP contribution in [0.3, 0.4) is 0 Å². The summed E-state index contributed by atoms with van der Waals surface area (Å²) >= 11 is 0. The summed E-state index contributed by atoms with van der Waals surface area (Å²) in [5, 5.41) is 2.88. The number of para-hydroxylation sites is 1. The van der Waals surface area contributed by atoms with E-state index in [0.29, 0.717) is 79.1 Å². The van der Waals surface area contributed by atoms with Gasteiger partial charge in [-0.1, -0.05) is 73.2 Å². The molecule has 0 aliphatic carbocycles. The van der Waals surface area contributed by atoms with Crippen molar-refractivity contribution in [2.45, 2.75) is 112 Å². The lowest BCUT2D eigenvalue weighted by Gasteiger charge is -2.30. The number of hydrogen-bond acceptors (Lipinski definition) is 12. The second-order valence-corrected chi connectivity index (χ2v) is 26.2. The Balaban J connectivity index is 1.08. The van der Waals surface area contributed by atoms with Crippen LogP contribution < -0.4 is 15.1 Å². The fraction of sp³-hybridized carbons (Fsp3) is 0.375. The second-order valence-electron chi connectivity index (χ2n) is 20.3. The van der Waals surface area contributed by atoms with E-state index in [0.717, 1.165) is 22.4 Å². The van der Waals surface area contributed by atoms with Crippen molar-refractivity contribution in [1.29, 1.82) is 0 Å². The lowest BCUT2D eigenvalue weighted by molar-refractivity contribution is -0.438. The quantitative estimate of drug-likeness (QED) is 0.0172. The molecule has 0 radical (unpaired) electrons. The summed E-state index contributed by atoms with van der Waals surface area (Å²) in [5.74, 6) is 4.98. The van der Waals surface area contributed by atoms with Crippen molar-refractivity contribution in [3.8, 4) is 11.8 Å². The van der Waals surface area contributed by atoms with Crippen molar-refractivity contribution >= 4 is 75.1 Å². The van der Waals surface area contributed by atoms with Crippen LogP contribution in [0.25, 0.3) is 0 Å². The van der Waals surface area contributed by atoms with Crippen LogP contribution in [-0.4, -0.2) is 105 Å². The molecule has 3 aliphatic heterocycles. The normalized spacial score (nSPS) is 17.6. The number of nitrogens with zero attached hydrogens (tertiary/aromatic N) is 3. The molecule has 7 rings (SSSR count). The Morgan fingerprint density at radius 2 is 1.36 bits per heavy atom. The van der Waals surface area contributed by atoms with E-state index in [2.05, 4.69) is 17.2 Å². The van der Waals surface area contributed by atoms with E-state index in [1.165, 1.54) is 24.3 Å². The minimum atomic E-state index is -4.65. The van der Waals surface area contributed by atoms with Gasteiger partial charge in [-0.05, 0) is 119 Å². The number of rotatable bonds is 24. The maximum Gasteiger partial charge on any atom is 0.294 e. The minimum Gasteiger partial charge on any atom is -0.748 e. The van der Waals surface area contributed by atoms with Crippen LogP contribution in [0.1, 0.15) is 113 Å². The van der Waals surface area contributed by atoms with Gasteiger partial charge < -0.3 is 19.7 Å². The second kappa shape index (κ2) is 24.4. The highest BCUT2D eigenvalue weighted by Crippen LogP contribution is 2.51. The van der Waals surface area contributed by atoms with E-state index in [1.54, 1.807) is 35.3 Å². The minimum absolute atomic E-state index is 0.0598. The Bertz CT molecular complexity index is 3630. The monoisotopic (exact) mass is 1140 g/mol. The van der Waals surface area contributed by atoms with Gasteiger partial charge in [0, 0.05) is 83.7 Å². The third-order valence-corrected chi connectivity index (χ3v) is 17.7. The Morgan fingerprint density at radius 1 is 0.705 bits per heavy atom. The smallest absolute Gasteiger partial charge is 0.294 e. The third-order valence-electron chi connectivity index (χ3n) is 14.4. The van der Waals surface area contributed by atoms with Gasteiger partial charge in [-0.15, -0.1) is 0 Å². The SMILES string of the molecule is CC1(C)C(C=CC=CC=C2N(CCCCS(=O)(=O)[O-])c3ccc(S(=O)(=O)O)cc3C2(C)CCCCCC(=O)NCCC(=O)N2Cc3ccccc3C#Cc3ccccc32)=[N+](CCCCS(=O)(=O)O)c2ccc(S(=O)(=O)O)cc21. The highest BCUT2D eigenvalue weighted by molar-refractivity contribution is 7.86. The highest BCUT2D eigenvalue weighted by atomic mass is 32.2. The number of allylic oxidation sites excluding steroid dienone is 6. The van der Waals surface area contributed by atoms with Crippen LogP contribution in [0, 0.1) is 11.8 Å². The molecule has 0 aromatic heterocycles. The van der Waals surface area contributed by atoms with E-state index in [1.807, 2.05) is 90.9 Å². The molecule has 4 N–H and O–H groups in total. The summed E-state index contributed by atoms with van der Waals surface area (Å²) in [7, 11) is -17.9. The molecule has 0 saturated heterocycles. The summed E-state index contributed by atoms with van der Waals surface area (Å²) in [6.45, 7) is 6.70. The van der Waals surface area contributed by atoms with Crippen LogP contribution in [0.2, 0.25) is 0 Å². The summed E-state index contributed by atoms with van der Waals surface area (Å²) in [5.41, 5.74) is 5.35. The number of nitrogens with one attached hydrogen (secondary N) is 1. The number of carbonyl (C=O) groups is 2. The van der Waals surface area contributed by atoms with Gasteiger partial charge in [-0.2, -0.15) is 29.8 Å². The molecular weight excluding hydrogens is 1080 g/mol. The van der Waals surface area contributed by atoms with E-state index in [-0.39, 0.29) is 66.8 Å². The molecular formula is C56H64N4O14S4. The van der Waals surface area contributed by atoms with Gasteiger partial charge in [0.25, 0.3) is 30.4 Å². The van der Waals surface area contributed by atoms with E-state index < -0.39 is 62.8 Å². The van der Waals surface area contributed by atoms with E-state index in [4.69, 9.17) is 0 Å². The van der Waals surface area contributed by atoms with Gasteiger partial charge in [-0.3, -0.25) is 23.2 Å². The fourth-order valence-electron chi connectivity index (χ4n) is 10.4.